The average Bonchev–Trinajstić information content (AvgIpc) is 2.27. The van der Waals surface area contributed by atoms with Crippen molar-refractivity contribution in [2.75, 3.05) is 7.11 Å². The van der Waals surface area contributed by atoms with Gasteiger partial charge in [0.05, 0.1) is 12.7 Å². The van der Waals surface area contributed by atoms with Gasteiger partial charge in [-0.1, -0.05) is 28.1 Å². The predicted molar refractivity (Wildman–Crippen MR) is 64.7 cm³/mol. The van der Waals surface area contributed by atoms with Crippen LogP contribution in [0, 0.1) is 0 Å². The van der Waals surface area contributed by atoms with Gasteiger partial charge in [0.25, 0.3) is 0 Å². The van der Waals surface area contributed by atoms with Crippen molar-refractivity contribution in [3.05, 3.63) is 40.4 Å². The molecule has 0 aliphatic carbocycles. The Balaban J connectivity index is 2.85. The third-order valence-electron chi connectivity index (χ3n) is 2.32. The van der Waals surface area contributed by atoms with Crippen molar-refractivity contribution in [2.24, 2.45) is 0 Å². The summed E-state index contributed by atoms with van der Waals surface area (Å²) in [5.41, 5.74) is 0.352. The first kappa shape index (κ1) is 11.0. The normalized spacial score (nSPS) is 10.4. The smallest absolute Gasteiger partial charge is 0.338 e. The quantitative estimate of drug-likeness (QED) is 0.817. The van der Waals surface area contributed by atoms with E-state index in [1.807, 2.05) is 12.1 Å². The van der Waals surface area contributed by atoms with E-state index in [0.717, 1.165) is 9.86 Å². The lowest BCUT2D eigenvalue weighted by molar-refractivity contribution is 0.0602. The zero-order valence-electron chi connectivity index (χ0n) is 8.53. The van der Waals surface area contributed by atoms with E-state index < -0.39 is 5.97 Å². The minimum atomic E-state index is -0.465. The lowest BCUT2D eigenvalue weighted by Crippen LogP contribution is -2.02. The molecule has 3 nitrogen and oxygen atoms in total. The highest BCUT2D eigenvalue weighted by Gasteiger charge is 2.14. The minimum Gasteiger partial charge on any atom is -0.507 e. The molecule has 0 unspecified atom stereocenters. The number of ether oxygens (including phenoxy) is 1. The lowest BCUT2D eigenvalue weighted by atomic mass is 10.0. The van der Waals surface area contributed by atoms with E-state index in [-0.39, 0.29) is 5.75 Å². The number of aromatic hydroxyl groups is 1. The first-order valence-corrected chi connectivity index (χ1v) is 5.42. The van der Waals surface area contributed by atoms with Crippen LogP contribution in [0.3, 0.4) is 0 Å². The number of fused-ring (bicyclic) bond motifs is 1. The van der Waals surface area contributed by atoms with E-state index in [4.69, 9.17) is 0 Å². The number of benzene rings is 2. The number of methoxy groups -OCH3 is 1. The SMILES string of the molecule is COC(=O)c1cc(Br)cc2cccc(O)c12. The maximum Gasteiger partial charge on any atom is 0.338 e. The molecule has 0 saturated carbocycles. The molecule has 0 fully saturated rings. The van der Waals surface area contributed by atoms with Crippen LogP contribution in [0.5, 0.6) is 5.75 Å². The Hall–Kier alpha value is -1.55. The molecular weight excluding hydrogens is 272 g/mol. The Labute approximate surface area is 101 Å². The summed E-state index contributed by atoms with van der Waals surface area (Å²) in [5.74, 6) is -0.391. The molecule has 16 heavy (non-hydrogen) atoms. The summed E-state index contributed by atoms with van der Waals surface area (Å²) in [4.78, 5) is 11.6. The van der Waals surface area contributed by atoms with Gasteiger partial charge in [-0.05, 0) is 23.6 Å². The molecule has 82 valence electrons. The van der Waals surface area contributed by atoms with Crippen LogP contribution < -0.4 is 0 Å². The molecule has 2 aromatic rings. The van der Waals surface area contributed by atoms with Crippen molar-refractivity contribution < 1.29 is 14.6 Å². The van der Waals surface area contributed by atoms with Crippen LogP contribution in [0.15, 0.2) is 34.8 Å². The summed E-state index contributed by atoms with van der Waals surface area (Å²) in [5, 5.41) is 11.1. The Morgan fingerprint density at radius 2 is 2.12 bits per heavy atom. The average molecular weight is 281 g/mol. The van der Waals surface area contributed by atoms with Crippen molar-refractivity contribution in [3.8, 4) is 5.75 Å². The van der Waals surface area contributed by atoms with Gasteiger partial charge in [0.1, 0.15) is 5.75 Å². The van der Waals surface area contributed by atoms with Crippen LogP contribution in [0.2, 0.25) is 0 Å². The molecule has 2 aromatic carbocycles. The molecular formula is C12H9BrO3. The Morgan fingerprint density at radius 3 is 2.81 bits per heavy atom. The number of hydrogen-bond donors (Lipinski definition) is 1. The number of esters is 1. The summed E-state index contributed by atoms with van der Waals surface area (Å²) < 4.78 is 5.45. The van der Waals surface area contributed by atoms with Gasteiger partial charge in [-0.15, -0.1) is 0 Å². The zero-order chi connectivity index (χ0) is 11.7. The molecule has 0 aliphatic heterocycles. The second kappa shape index (κ2) is 4.14. The van der Waals surface area contributed by atoms with E-state index in [2.05, 4.69) is 20.7 Å². The van der Waals surface area contributed by atoms with Crippen LogP contribution in [-0.2, 0) is 4.74 Å². The summed E-state index contributed by atoms with van der Waals surface area (Å²) in [6.07, 6.45) is 0. The van der Waals surface area contributed by atoms with Crippen molar-refractivity contribution in [1.82, 2.24) is 0 Å². The molecule has 0 saturated heterocycles. The number of phenolic OH excluding ortho intramolecular Hbond substituents is 1. The maximum atomic E-state index is 11.6. The largest absolute Gasteiger partial charge is 0.507 e. The van der Waals surface area contributed by atoms with Gasteiger partial charge in [-0.2, -0.15) is 0 Å². The predicted octanol–water partition coefficient (Wildman–Crippen LogP) is 3.09. The minimum absolute atomic E-state index is 0.0744. The van der Waals surface area contributed by atoms with E-state index in [9.17, 15) is 9.90 Å². The molecule has 0 aromatic heterocycles. The standard InChI is InChI=1S/C12H9BrO3/c1-16-12(15)9-6-8(13)5-7-3-2-4-10(14)11(7)9/h2-6,14H,1H3. The monoisotopic (exact) mass is 280 g/mol. The van der Waals surface area contributed by atoms with Gasteiger partial charge in [0.2, 0.25) is 0 Å². The molecule has 1 N–H and O–H groups in total. The highest BCUT2D eigenvalue weighted by molar-refractivity contribution is 9.10. The molecule has 0 heterocycles. The zero-order valence-corrected chi connectivity index (χ0v) is 10.1. The third-order valence-corrected chi connectivity index (χ3v) is 2.78. The summed E-state index contributed by atoms with van der Waals surface area (Å²) >= 11 is 3.32. The lowest BCUT2D eigenvalue weighted by Gasteiger charge is -2.07. The fourth-order valence-corrected chi connectivity index (χ4v) is 2.12. The number of rotatable bonds is 1. The summed E-state index contributed by atoms with van der Waals surface area (Å²) in [7, 11) is 1.31. The van der Waals surface area contributed by atoms with Crippen LogP contribution >= 0.6 is 15.9 Å². The topological polar surface area (TPSA) is 46.5 Å². The molecule has 0 aliphatic rings. The fraction of sp³-hybridized carbons (Fsp3) is 0.0833. The van der Waals surface area contributed by atoms with E-state index in [1.54, 1.807) is 18.2 Å². The second-order valence-electron chi connectivity index (χ2n) is 3.32. The van der Waals surface area contributed by atoms with Crippen LogP contribution in [-0.4, -0.2) is 18.2 Å². The fourth-order valence-electron chi connectivity index (χ4n) is 1.64. The Morgan fingerprint density at radius 1 is 1.38 bits per heavy atom. The molecule has 2 rings (SSSR count). The Bertz CT molecular complexity index is 563. The summed E-state index contributed by atoms with van der Waals surface area (Å²) in [6.45, 7) is 0. The second-order valence-corrected chi connectivity index (χ2v) is 4.24. The van der Waals surface area contributed by atoms with Gasteiger partial charge < -0.3 is 9.84 Å². The van der Waals surface area contributed by atoms with Gasteiger partial charge in [-0.3, -0.25) is 0 Å². The first-order valence-electron chi connectivity index (χ1n) is 4.63. The van der Waals surface area contributed by atoms with Gasteiger partial charge >= 0.3 is 5.97 Å². The van der Waals surface area contributed by atoms with E-state index in [1.165, 1.54) is 7.11 Å². The van der Waals surface area contributed by atoms with Crippen LogP contribution in [0.4, 0.5) is 0 Å². The Kier molecular flexibility index (Phi) is 2.83. The maximum absolute atomic E-state index is 11.6. The number of phenols is 1. The summed E-state index contributed by atoms with van der Waals surface area (Å²) in [6, 6.07) is 8.56. The van der Waals surface area contributed by atoms with Crippen molar-refractivity contribution in [1.29, 1.82) is 0 Å². The molecule has 0 atom stereocenters. The molecule has 0 bridgehead atoms. The number of carbonyl (C=O) groups is 1. The first-order chi connectivity index (χ1) is 7.63. The highest BCUT2D eigenvalue weighted by atomic mass is 79.9. The van der Waals surface area contributed by atoms with Crippen LogP contribution in [0.25, 0.3) is 10.8 Å². The number of halogens is 1. The molecule has 0 amide bonds. The van der Waals surface area contributed by atoms with Gasteiger partial charge in [0.15, 0.2) is 0 Å². The molecule has 0 spiro atoms. The highest BCUT2D eigenvalue weighted by Crippen LogP contribution is 2.31. The number of carbonyl (C=O) groups excluding carboxylic acids is 1. The van der Waals surface area contributed by atoms with Gasteiger partial charge in [-0.25, -0.2) is 4.79 Å². The van der Waals surface area contributed by atoms with E-state index in [0.29, 0.717) is 10.9 Å². The van der Waals surface area contributed by atoms with Crippen molar-refractivity contribution in [2.45, 2.75) is 0 Å². The van der Waals surface area contributed by atoms with Crippen molar-refractivity contribution in [3.63, 3.8) is 0 Å². The third kappa shape index (κ3) is 1.76. The molecule has 4 heteroatoms. The number of hydrogen-bond acceptors (Lipinski definition) is 3. The van der Waals surface area contributed by atoms with E-state index >= 15 is 0 Å². The van der Waals surface area contributed by atoms with Gasteiger partial charge in [0, 0.05) is 9.86 Å². The van der Waals surface area contributed by atoms with Crippen molar-refractivity contribution >= 4 is 32.7 Å². The molecule has 0 radical (unpaired) electrons. The van der Waals surface area contributed by atoms with Crippen LogP contribution in [0.1, 0.15) is 10.4 Å².